The molecule has 0 saturated heterocycles. The molecule has 5 heteroatoms. The number of pyridine rings is 1. The highest BCUT2D eigenvalue weighted by Gasteiger charge is 2.04. The monoisotopic (exact) mass is 276 g/mol. The van der Waals surface area contributed by atoms with Crippen LogP contribution in [0.25, 0.3) is 17.2 Å². The smallest absolute Gasteiger partial charge is 0.234 e. The molecule has 0 aliphatic rings. The van der Waals surface area contributed by atoms with E-state index in [9.17, 15) is 0 Å². The van der Waals surface area contributed by atoms with Gasteiger partial charge in [-0.3, -0.25) is 9.38 Å². The normalized spacial score (nSPS) is 10.0. The van der Waals surface area contributed by atoms with Crippen molar-refractivity contribution < 1.29 is 0 Å². The van der Waals surface area contributed by atoms with Crippen LogP contribution in [-0.2, 0) is 0 Å². The van der Waals surface area contributed by atoms with Gasteiger partial charge in [0.25, 0.3) is 0 Å². The summed E-state index contributed by atoms with van der Waals surface area (Å²) >= 11 is 0. The lowest BCUT2D eigenvalue weighted by atomic mass is 10.3. The van der Waals surface area contributed by atoms with Crippen LogP contribution in [0.3, 0.4) is 0 Å². The number of hydrogen-bond donors (Lipinski definition) is 0. The third-order valence-corrected chi connectivity index (χ3v) is 2.16. The van der Waals surface area contributed by atoms with Crippen molar-refractivity contribution in [3.05, 3.63) is 49.1 Å². The van der Waals surface area contributed by atoms with E-state index in [0.29, 0.717) is 5.78 Å². The van der Waals surface area contributed by atoms with Crippen molar-refractivity contribution in [1.29, 1.82) is 0 Å². The second-order valence-electron chi connectivity index (χ2n) is 3.17. The topological polar surface area (TPSA) is 43.1 Å². The summed E-state index contributed by atoms with van der Waals surface area (Å²) in [6.45, 7) is 0. The standard InChI is InChI=1S/C11H8N4.BrH/c1-2-5-12-9(4-1)10-8-15-7-3-6-13-11(15)14-10;/h1-8H;1H. The zero-order valence-corrected chi connectivity index (χ0v) is 10.0. The second kappa shape index (κ2) is 4.40. The Morgan fingerprint density at radius 3 is 2.56 bits per heavy atom. The van der Waals surface area contributed by atoms with Crippen LogP contribution < -0.4 is 0 Å². The first-order valence-electron chi connectivity index (χ1n) is 4.64. The first-order valence-corrected chi connectivity index (χ1v) is 4.64. The molecule has 0 aromatic carbocycles. The molecule has 0 saturated carbocycles. The Kier molecular flexibility index (Phi) is 2.96. The number of fused-ring (bicyclic) bond motifs is 1. The van der Waals surface area contributed by atoms with Crippen molar-refractivity contribution in [2.75, 3.05) is 0 Å². The number of nitrogens with zero attached hydrogens (tertiary/aromatic N) is 4. The Labute approximate surface area is 103 Å². The Bertz CT molecular complexity index is 558. The van der Waals surface area contributed by atoms with Crippen LogP contribution in [0, 0.1) is 0 Å². The molecule has 0 amide bonds. The molecule has 80 valence electrons. The number of imidazole rings is 1. The molecule has 0 spiro atoms. The van der Waals surface area contributed by atoms with E-state index in [1.165, 1.54) is 0 Å². The van der Waals surface area contributed by atoms with Crippen molar-refractivity contribution in [3.8, 4) is 11.4 Å². The summed E-state index contributed by atoms with van der Waals surface area (Å²) in [4.78, 5) is 12.8. The van der Waals surface area contributed by atoms with E-state index in [1.54, 1.807) is 12.4 Å². The van der Waals surface area contributed by atoms with E-state index in [2.05, 4.69) is 15.0 Å². The summed E-state index contributed by atoms with van der Waals surface area (Å²) in [5.41, 5.74) is 1.71. The van der Waals surface area contributed by atoms with Gasteiger partial charge in [0.1, 0.15) is 5.69 Å². The van der Waals surface area contributed by atoms with Crippen molar-refractivity contribution in [3.63, 3.8) is 0 Å². The Balaban J connectivity index is 0.000000963. The zero-order valence-electron chi connectivity index (χ0n) is 8.32. The lowest BCUT2D eigenvalue weighted by molar-refractivity contribution is 1.11. The molecule has 16 heavy (non-hydrogen) atoms. The highest BCUT2D eigenvalue weighted by atomic mass is 79.9. The van der Waals surface area contributed by atoms with Crippen LogP contribution in [0.4, 0.5) is 0 Å². The van der Waals surface area contributed by atoms with Crippen LogP contribution in [0.1, 0.15) is 0 Å². The fourth-order valence-corrected chi connectivity index (χ4v) is 1.47. The van der Waals surface area contributed by atoms with Crippen LogP contribution in [0.15, 0.2) is 49.1 Å². The first kappa shape index (κ1) is 10.8. The molecule has 0 atom stereocenters. The average molecular weight is 277 g/mol. The highest BCUT2D eigenvalue weighted by molar-refractivity contribution is 8.93. The molecular formula is C11H9BrN4. The minimum atomic E-state index is 0. The third kappa shape index (κ3) is 1.81. The van der Waals surface area contributed by atoms with Gasteiger partial charge in [0.05, 0.1) is 5.69 Å². The van der Waals surface area contributed by atoms with Crippen LogP contribution in [0.2, 0.25) is 0 Å². The van der Waals surface area contributed by atoms with Gasteiger partial charge < -0.3 is 0 Å². The van der Waals surface area contributed by atoms with E-state index in [4.69, 9.17) is 0 Å². The fraction of sp³-hybridized carbons (Fsp3) is 0. The summed E-state index contributed by atoms with van der Waals surface area (Å²) in [5, 5.41) is 0. The Hall–Kier alpha value is -1.75. The summed E-state index contributed by atoms with van der Waals surface area (Å²) in [6.07, 6.45) is 7.32. The van der Waals surface area contributed by atoms with Crippen LogP contribution >= 0.6 is 17.0 Å². The van der Waals surface area contributed by atoms with Crippen molar-refractivity contribution >= 4 is 22.8 Å². The molecule has 0 aliphatic carbocycles. The van der Waals surface area contributed by atoms with E-state index in [1.807, 2.05) is 41.1 Å². The Morgan fingerprint density at radius 2 is 1.81 bits per heavy atom. The summed E-state index contributed by atoms with van der Waals surface area (Å²) in [7, 11) is 0. The minimum Gasteiger partial charge on any atom is -0.290 e. The van der Waals surface area contributed by atoms with Crippen LogP contribution in [-0.4, -0.2) is 19.4 Å². The molecule has 0 unspecified atom stereocenters. The molecule has 0 bridgehead atoms. The van der Waals surface area contributed by atoms with Gasteiger partial charge in [0.2, 0.25) is 5.78 Å². The minimum absolute atomic E-state index is 0. The molecule has 0 radical (unpaired) electrons. The molecule has 3 aromatic heterocycles. The van der Waals surface area contributed by atoms with Crippen molar-refractivity contribution in [1.82, 2.24) is 19.4 Å². The molecule has 3 heterocycles. The fourth-order valence-electron chi connectivity index (χ4n) is 1.47. The average Bonchev–Trinajstić information content (AvgIpc) is 2.74. The number of aromatic nitrogens is 4. The van der Waals surface area contributed by atoms with Gasteiger partial charge in [-0.1, -0.05) is 6.07 Å². The molecule has 3 aromatic rings. The van der Waals surface area contributed by atoms with E-state index in [0.717, 1.165) is 11.4 Å². The van der Waals surface area contributed by atoms with Gasteiger partial charge in [0.15, 0.2) is 0 Å². The molecule has 4 nitrogen and oxygen atoms in total. The maximum Gasteiger partial charge on any atom is 0.234 e. The number of rotatable bonds is 1. The summed E-state index contributed by atoms with van der Waals surface area (Å²) in [6, 6.07) is 7.63. The molecule has 3 rings (SSSR count). The lowest BCUT2D eigenvalue weighted by Gasteiger charge is -1.91. The maximum absolute atomic E-state index is 4.37. The SMILES string of the molecule is Br.c1ccc(-c2cn3cccnc3n2)nc1. The quantitative estimate of drug-likeness (QED) is 0.685. The van der Waals surface area contributed by atoms with Gasteiger partial charge in [-0.25, -0.2) is 9.97 Å². The largest absolute Gasteiger partial charge is 0.290 e. The summed E-state index contributed by atoms with van der Waals surface area (Å²) in [5.74, 6) is 0.693. The van der Waals surface area contributed by atoms with Crippen LogP contribution in [0.5, 0.6) is 0 Å². The molecular weight excluding hydrogens is 268 g/mol. The predicted octanol–water partition coefficient (Wildman–Crippen LogP) is 2.37. The van der Waals surface area contributed by atoms with Gasteiger partial charge in [-0.2, -0.15) is 0 Å². The molecule has 0 aliphatic heterocycles. The van der Waals surface area contributed by atoms with E-state index < -0.39 is 0 Å². The molecule has 0 fully saturated rings. The van der Waals surface area contributed by atoms with Gasteiger partial charge in [-0.05, 0) is 18.2 Å². The van der Waals surface area contributed by atoms with Crippen molar-refractivity contribution in [2.45, 2.75) is 0 Å². The third-order valence-electron chi connectivity index (χ3n) is 2.16. The Morgan fingerprint density at radius 1 is 0.938 bits per heavy atom. The summed E-state index contributed by atoms with van der Waals surface area (Å²) < 4.78 is 1.88. The predicted molar refractivity (Wildman–Crippen MR) is 66.5 cm³/mol. The first-order chi connectivity index (χ1) is 7.43. The van der Waals surface area contributed by atoms with E-state index in [-0.39, 0.29) is 17.0 Å². The van der Waals surface area contributed by atoms with E-state index >= 15 is 0 Å². The van der Waals surface area contributed by atoms with Gasteiger partial charge in [-0.15, -0.1) is 17.0 Å². The van der Waals surface area contributed by atoms with Crippen molar-refractivity contribution in [2.24, 2.45) is 0 Å². The number of hydrogen-bond acceptors (Lipinski definition) is 3. The lowest BCUT2D eigenvalue weighted by Crippen LogP contribution is -1.83. The second-order valence-corrected chi connectivity index (χ2v) is 3.17. The zero-order chi connectivity index (χ0) is 10.1. The highest BCUT2D eigenvalue weighted by Crippen LogP contribution is 2.14. The van der Waals surface area contributed by atoms with Gasteiger partial charge in [0, 0.05) is 24.8 Å². The maximum atomic E-state index is 4.37. The number of halogens is 1. The molecule has 0 N–H and O–H groups in total. The van der Waals surface area contributed by atoms with Gasteiger partial charge >= 0.3 is 0 Å².